The Hall–Kier alpha value is -2.19. The van der Waals surface area contributed by atoms with Crippen molar-refractivity contribution < 1.29 is 4.79 Å². The normalized spacial score (nSPS) is 18.2. The predicted molar refractivity (Wildman–Crippen MR) is 119 cm³/mol. The summed E-state index contributed by atoms with van der Waals surface area (Å²) in [6, 6.07) is 11.7. The Morgan fingerprint density at radius 3 is 1.93 bits per heavy atom. The molecule has 7 nitrogen and oxygen atoms in total. The van der Waals surface area contributed by atoms with Crippen molar-refractivity contribution in [2.24, 2.45) is 0 Å². The number of rotatable bonds is 4. The Morgan fingerprint density at radius 2 is 1.41 bits per heavy atom. The Morgan fingerprint density at radius 1 is 0.862 bits per heavy atom. The Bertz CT molecular complexity index is 829. The molecular formula is C21H27BrN6O. The van der Waals surface area contributed by atoms with Crippen LogP contribution in [0.4, 0.5) is 11.6 Å². The first-order valence-electron chi connectivity index (χ1n) is 10.3. The van der Waals surface area contributed by atoms with E-state index in [1.807, 2.05) is 29.2 Å². The SMILES string of the molecule is CCN1CCN(c2ccc(N3CCN(C(=O)c4ccccc4Br)CC3)nn2)CC1. The maximum Gasteiger partial charge on any atom is 0.255 e. The van der Waals surface area contributed by atoms with Crippen molar-refractivity contribution in [2.45, 2.75) is 6.92 Å². The molecule has 0 atom stereocenters. The van der Waals surface area contributed by atoms with E-state index in [-0.39, 0.29) is 5.91 Å². The third kappa shape index (κ3) is 4.53. The number of likely N-dealkylation sites (N-methyl/N-ethyl adjacent to an activating group) is 1. The molecule has 0 bridgehead atoms. The van der Waals surface area contributed by atoms with Gasteiger partial charge >= 0.3 is 0 Å². The van der Waals surface area contributed by atoms with Crippen LogP contribution in [-0.2, 0) is 0 Å². The lowest BCUT2D eigenvalue weighted by Gasteiger charge is -2.36. The van der Waals surface area contributed by atoms with Gasteiger partial charge in [-0.05, 0) is 46.7 Å². The number of aromatic nitrogens is 2. The van der Waals surface area contributed by atoms with Crippen LogP contribution in [0.3, 0.4) is 0 Å². The van der Waals surface area contributed by atoms with E-state index < -0.39 is 0 Å². The number of anilines is 2. The molecule has 2 aliphatic rings. The van der Waals surface area contributed by atoms with Gasteiger partial charge in [-0.15, -0.1) is 10.2 Å². The number of piperazine rings is 2. The maximum atomic E-state index is 12.8. The summed E-state index contributed by atoms with van der Waals surface area (Å²) in [6.07, 6.45) is 0. The molecule has 8 heteroatoms. The molecule has 0 aliphatic carbocycles. The Labute approximate surface area is 180 Å². The van der Waals surface area contributed by atoms with Crippen LogP contribution in [0.25, 0.3) is 0 Å². The Balaban J connectivity index is 1.33. The van der Waals surface area contributed by atoms with Crippen LogP contribution >= 0.6 is 15.9 Å². The maximum absolute atomic E-state index is 12.8. The van der Waals surface area contributed by atoms with Crippen LogP contribution in [0.2, 0.25) is 0 Å². The molecule has 4 rings (SSSR count). The van der Waals surface area contributed by atoms with Crippen molar-refractivity contribution in [3.05, 3.63) is 46.4 Å². The number of hydrogen-bond donors (Lipinski definition) is 0. The molecule has 1 amide bonds. The lowest BCUT2D eigenvalue weighted by atomic mass is 10.2. The number of benzene rings is 1. The molecule has 1 aromatic heterocycles. The average Bonchev–Trinajstić information content (AvgIpc) is 2.79. The first kappa shape index (κ1) is 20.1. The van der Waals surface area contributed by atoms with Crippen molar-refractivity contribution >= 4 is 33.5 Å². The van der Waals surface area contributed by atoms with Crippen LogP contribution in [0.15, 0.2) is 40.9 Å². The second kappa shape index (κ2) is 9.09. The highest BCUT2D eigenvalue weighted by molar-refractivity contribution is 9.10. The molecule has 1 aromatic carbocycles. The van der Waals surface area contributed by atoms with Crippen LogP contribution in [0.5, 0.6) is 0 Å². The van der Waals surface area contributed by atoms with Gasteiger partial charge in [0.05, 0.1) is 5.56 Å². The number of carbonyl (C=O) groups excluding carboxylic acids is 1. The molecule has 0 spiro atoms. The summed E-state index contributed by atoms with van der Waals surface area (Å²) in [7, 11) is 0. The number of nitrogens with zero attached hydrogens (tertiary/aromatic N) is 6. The zero-order valence-corrected chi connectivity index (χ0v) is 18.4. The van der Waals surface area contributed by atoms with Gasteiger partial charge in [-0.3, -0.25) is 4.79 Å². The van der Waals surface area contributed by atoms with Crippen molar-refractivity contribution in [1.29, 1.82) is 0 Å². The number of halogens is 1. The largest absolute Gasteiger partial charge is 0.353 e. The summed E-state index contributed by atoms with van der Waals surface area (Å²) >= 11 is 3.48. The lowest BCUT2D eigenvalue weighted by molar-refractivity contribution is 0.0745. The number of hydrogen-bond acceptors (Lipinski definition) is 6. The summed E-state index contributed by atoms with van der Waals surface area (Å²) in [5.74, 6) is 1.91. The van der Waals surface area contributed by atoms with E-state index in [1.54, 1.807) is 0 Å². The monoisotopic (exact) mass is 458 g/mol. The highest BCUT2D eigenvalue weighted by Gasteiger charge is 2.24. The minimum absolute atomic E-state index is 0.0739. The van der Waals surface area contributed by atoms with E-state index in [2.05, 4.69) is 59.9 Å². The van der Waals surface area contributed by atoms with Crippen LogP contribution in [-0.4, -0.2) is 84.8 Å². The molecule has 2 fully saturated rings. The molecule has 154 valence electrons. The zero-order chi connectivity index (χ0) is 20.2. The van der Waals surface area contributed by atoms with E-state index in [4.69, 9.17) is 0 Å². The van der Waals surface area contributed by atoms with E-state index in [9.17, 15) is 4.79 Å². The highest BCUT2D eigenvalue weighted by Crippen LogP contribution is 2.21. The van der Waals surface area contributed by atoms with Crippen LogP contribution in [0.1, 0.15) is 17.3 Å². The minimum atomic E-state index is 0.0739. The van der Waals surface area contributed by atoms with E-state index in [1.165, 1.54) is 0 Å². The van der Waals surface area contributed by atoms with Gasteiger partial charge in [0.2, 0.25) is 0 Å². The van der Waals surface area contributed by atoms with Gasteiger partial charge in [0, 0.05) is 56.8 Å². The summed E-state index contributed by atoms with van der Waals surface area (Å²) < 4.78 is 0.841. The molecular weight excluding hydrogens is 432 g/mol. The lowest BCUT2D eigenvalue weighted by Crippen LogP contribution is -2.49. The van der Waals surface area contributed by atoms with Gasteiger partial charge < -0.3 is 19.6 Å². The topological polar surface area (TPSA) is 55.8 Å². The first-order chi connectivity index (χ1) is 14.2. The van der Waals surface area contributed by atoms with E-state index >= 15 is 0 Å². The second-order valence-electron chi connectivity index (χ2n) is 7.43. The fourth-order valence-corrected chi connectivity index (χ4v) is 4.35. The highest BCUT2D eigenvalue weighted by atomic mass is 79.9. The first-order valence-corrected chi connectivity index (χ1v) is 11.0. The quantitative estimate of drug-likeness (QED) is 0.700. The summed E-state index contributed by atoms with van der Waals surface area (Å²) in [6.45, 7) is 10.4. The van der Waals surface area contributed by atoms with Crippen molar-refractivity contribution in [1.82, 2.24) is 20.0 Å². The smallest absolute Gasteiger partial charge is 0.255 e. The summed E-state index contributed by atoms with van der Waals surface area (Å²) in [5, 5.41) is 8.94. The van der Waals surface area contributed by atoms with Crippen LogP contribution < -0.4 is 9.80 Å². The van der Waals surface area contributed by atoms with Crippen molar-refractivity contribution in [3.63, 3.8) is 0 Å². The molecule has 0 saturated carbocycles. The third-order valence-corrected chi connectivity index (χ3v) is 6.47. The molecule has 2 aliphatic heterocycles. The number of carbonyl (C=O) groups is 1. The van der Waals surface area contributed by atoms with Gasteiger partial charge in [-0.2, -0.15) is 0 Å². The van der Waals surface area contributed by atoms with Gasteiger partial charge in [0.1, 0.15) is 0 Å². The number of amides is 1. The molecule has 0 N–H and O–H groups in total. The average molecular weight is 459 g/mol. The molecule has 2 aromatic rings. The standard InChI is InChI=1S/C21H27BrN6O/c1-2-25-9-11-26(12-10-25)19-7-8-20(24-23-19)27-13-15-28(16-14-27)21(29)17-5-3-4-6-18(17)22/h3-8H,2,9-16H2,1H3. The van der Waals surface area contributed by atoms with Crippen molar-refractivity contribution in [2.75, 3.05) is 68.7 Å². The van der Waals surface area contributed by atoms with Gasteiger partial charge in [0.25, 0.3) is 5.91 Å². The molecule has 0 unspecified atom stereocenters. The second-order valence-corrected chi connectivity index (χ2v) is 8.28. The minimum Gasteiger partial charge on any atom is -0.353 e. The van der Waals surface area contributed by atoms with E-state index in [0.29, 0.717) is 18.7 Å². The van der Waals surface area contributed by atoms with Crippen molar-refractivity contribution in [3.8, 4) is 0 Å². The third-order valence-electron chi connectivity index (χ3n) is 5.78. The molecule has 2 saturated heterocycles. The summed E-state index contributed by atoms with van der Waals surface area (Å²) in [5.41, 5.74) is 0.716. The van der Waals surface area contributed by atoms with E-state index in [0.717, 1.165) is 61.9 Å². The molecule has 3 heterocycles. The zero-order valence-electron chi connectivity index (χ0n) is 16.8. The fraction of sp³-hybridized carbons (Fsp3) is 0.476. The summed E-state index contributed by atoms with van der Waals surface area (Å²) in [4.78, 5) is 21.6. The van der Waals surface area contributed by atoms with Crippen LogP contribution in [0, 0.1) is 0 Å². The molecule has 0 radical (unpaired) electrons. The van der Waals surface area contributed by atoms with Gasteiger partial charge in [-0.25, -0.2) is 0 Å². The molecule has 29 heavy (non-hydrogen) atoms. The Kier molecular flexibility index (Phi) is 6.30. The fourth-order valence-electron chi connectivity index (χ4n) is 3.89. The van der Waals surface area contributed by atoms with Gasteiger partial charge in [0.15, 0.2) is 11.6 Å². The predicted octanol–water partition coefficient (Wildman–Crippen LogP) is 2.34. The van der Waals surface area contributed by atoms with Gasteiger partial charge in [-0.1, -0.05) is 19.1 Å².